The molecule has 76 valence electrons. The van der Waals surface area contributed by atoms with Crippen LogP contribution in [0.15, 0.2) is 10.6 Å². The van der Waals surface area contributed by atoms with Crippen LogP contribution in [0.5, 0.6) is 0 Å². The lowest BCUT2D eigenvalue weighted by atomic mass is 10.1. The Morgan fingerprint density at radius 1 is 1.57 bits per heavy atom. The molecule has 2 heterocycles. The largest absolute Gasteiger partial charge is 0.438 e. The lowest BCUT2D eigenvalue weighted by Gasteiger charge is -1.99. The van der Waals surface area contributed by atoms with Crippen molar-refractivity contribution in [1.29, 1.82) is 0 Å². The van der Waals surface area contributed by atoms with Crippen LogP contribution < -0.4 is 0 Å². The molecular weight excluding hydrogens is 206 g/mol. The van der Waals surface area contributed by atoms with E-state index in [1.807, 2.05) is 0 Å². The first-order valence-electron chi connectivity index (χ1n) is 4.22. The van der Waals surface area contributed by atoms with E-state index >= 15 is 0 Å². The molecule has 2 rings (SSSR count). The highest BCUT2D eigenvalue weighted by Gasteiger charge is 2.32. The first-order chi connectivity index (χ1) is 6.61. The maximum absolute atomic E-state index is 11.2. The molecule has 1 aliphatic rings. The van der Waals surface area contributed by atoms with Crippen LogP contribution in [-0.2, 0) is 9.84 Å². The molecule has 5 nitrogen and oxygen atoms in total. The molecule has 1 saturated heterocycles. The molecular formula is C8H9NO4S. The van der Waals surface area contributed by atoms with Crippen LogP contribution in [0.25, 0.3) is 0 Å². The minimum absolute atomic E-state index is 0.0752. The lowest BCUT2D eigenvalue weighted by Crippen LogP contribution is -2.03. The quantitative estimate of drug-likeness (QED) is 0.667. The van der Waals surface area contributed by atoms with E-state index in [4.69, 9.17) is 4.42 Å². The Bertz CT molecular complexity index is 448. The summed E-state index contributed by atoms with van der Waals surface area (Å²) in [6.07, 6.45) is 2.40. The van der Waals surface area contributed by atoms with Gasteiger partial charge in [-0.25, -0.2) is 13.4 Å². The number of sulfone groups is 1. The van der Waals surface area contributed by atoms with Crippen molar-refractivity contribution in [2.75, 3.05) is 11.5 Å². The van der Waals surface area contributed by atoms with Gasteiger partial charge in [-0.2, -0.15) is 0 Å². The Labute approximate surface area is 81.1 Å². The van der Waals surface area contributed by atoms with Gasteiger partial charge < -0.3 is 4.42 Å². The fourth-order valence-electron chi connectivity index (χ4n) is 1.53. The topological polar surface area (TPSA) is 77.2 Å². The number of nitrogens with zero attached hydrogens (tertiary/aromatic N) is 1. The monoisotopic (exact) mass is 215 g/mol. The lowest BCUT2D eigenvalue weighted by molar-refractivity contribution is 0.109. The van der Waals surface area contributed by atoms with Crippen LogP contribution in [0.4, 0.5) is 0 Å². The average molecular weight is 215 g/mol. The molecule has 0 N–H and O–H groups in total. The van der Waals surface area contributed by atoms with Crippen molar-refractivity contribution in [3.63, 3.8) is 0 Å². The Hall–Kier alpha value is -1.17. The molecule has 0 radical (unpaired) electrons. The highest BCUT2D eigenvalue weighted by molar-refractivity contribution is 7.91. The molecule has 1 aliphatic heterocycles. The molecule has 14 heavy (non-hydrogen) atoms. The molecule has 0 amide bonds. The summed E-state index contributed by atoms with van der Waals surface area (Å²) in [7, 11) is -2.93. The summed E-state index contributed by atoms with van der Waals surface area (Å²) >= 11 is 0. The highest BCUT2D eigenvalue weighted by Crippen LogP contribution is 2.27. The molecule has 0 aliphatic carbocycles. The van der Waals surface area contributed by atoms with Crippen molar-refractivity contribution in [2.45, 2.75) is 12.3 Å². The summed E-state index contributed by atoms with van der Waals surface area (Å²) in [6.45, 7) is 0. The summed E-state index contributed by atoms with van der Waals surface area (Å²) in [4.78, 5) is 14.2. The zero-order valence-corrected chi connectivity index (χ0v) is 8.16. The third-order valence-corrected chi connectivity index (χ3v) is 4.01. The fourth-order valence-corrected chi connectivity index (χ4v) is 3.27. The smallest absolute Gasteiger partial charge is 0.199 e. The van der Waals surface area contributed by atoms with Gasteiger partial charge in [0.15, 0.2) is 27.8 Å². The van der Waals surface area contributed by atoms with Crippen molar-refractivity contribution in [3.8, 4) is 0 Å². The number of hydrogen-bond donors (Lipinski definition) is 0. The normalized spacial score (nSPS) is 25.0. The average Bonchev–Trinajstić information content (AvgIpc) is 2.70. The standard InChI is InChI=1S/C8H9NO4S/c10-4-7-3-9-8(13-7)6-1-2-14(11,12)5-6/h3-4,6H,1-2,5H2. The molecule has 1 aromatic rings. The van der Waals surface area contributed by atoms with Gasteiger partial charge in [0, 0.05) is 0 Å². The van der Waals surface area contributed by atoms with Gasteiger partial charge >= 0.3 is 0 Å². The summed E-state index contributed by atoms with van der Waals surface area (Å²) in [6, 6.07) is 0. The zero-order valence-electron chi connectivity index (χ0n) is 7.34. The van der Waals surface area contributed by atoms with Gasteiger partial charge in [-0.3, -0.25) is 4.79 Å². The number of oxazole rings is 1. The maximum atomic E-state index is 11.2. The van der Waals surface area contributed by atoms with E-state index in [9.17, 15) is 13.2 Å². The second-order valence-electron chi connectivity index (χ2n) is 3.32. The van der Waals surface area contributed by atoms with E-state index in [1.54, 1.807) is 0 Å². The van der Waals surface area contributed by atoms with E-state index in [0.29, 0.717) is 18.6 Å². The van der Waals surface area contributed by atoms with Gasteiger partial charge in [0.1, 0.15) is 0 Å². The Morgan fingerprint density at radius 2 is 2.36 bits per heavy atom. The van der Waals surface area contributed by atoms with Crippen LogP contribution >= 0.6 is 0 Å². The first-order valence-corrected chi connectivity index (χ1v) is 6.04. The van der Waals surface area contributed by atoms with Crippen molar-refractivity contribution in [1.82, 2.24) is 4.98 Å². The Balaban J connectivity index is 2.21. The molecule has 1 aromatic heterocycles. The van der Waals surface area contributed by atoms with Gasteiger partial charge in [-0.1, -0.05) is 0 Å². The number of aldehydes is 1. The molecule has 1 atom stereocenters. The predicted molar refractivity (Wildman–Crippen MR) is 47.9 cm³/mol. The number of carbonyl (C=O) groups is 1. The van der Waals surface area contributed by atoms with Crippen LogP contribution in [-0.4, -0.2) is 31.2 Å². The molecule has 0 spiro atoms. The van der Waals surface area contributed by atoms with Crippen molar-refractivity contribution >= 4 is 16.1 Å². The Morgan fingerprint density at radius 3 is 2.86 bits per heavy atom. The van der Waals surface area contributed by atoms with Gasteiger partial charge in [-0.15, -0.1) is 0 Å². The number of rotatable bonds is 2. The van der Waals surface area contributed by atoms with Crippen molar-refractivity contribution < 1.29 is 17.6 Å². The molecule has 0 aromatic carbocycles. The van der Waals surface area contributed by atoms with E-state index in [2.05, 4.69) is 4.98 Å². The summed E-state index contributed by atoms with van der Waals surface area (Å²) in [5.41, 5.74) is 0. The predicted octanol–water partition coefficient (Wildman–Crippen LogP) is 0.389. The molecule has 6 heteroatoms. The van der Waals surface area contributed by atoms with Crippen LogP contribution in [0.1, 0.15) is 28.8 Å². The van der Waals surface area contributed by atoms with Crippen LogP contribution in [0.2, 0.25) is 0 Å². The van der Waals surface area contributed by atoms with Gasteiger partial charge in [0.05, 0.1) is 23.6 Å². The van der Waals surface area contributed by atoms with Crippen LogP contribution in [0, 0.1) is 0 Å². The number of aromatic nitrogens is 1. The number of carbonyl (C=O) groups excluding carboxylic acids is 1. The highest BCUT2D eigenvalue weighted by atomic mass is 32.2. The maximum Gasteiger partial charge on any atom is 0.199 e. The third-order valence-electron chi connectivity index (χ3n) is 2.24. The SMILES string of the molecule is O=Cc1cnc(C2CCS(=O)(=O)C2)o1. The van der Waals surface area contributed by atoms with E-state index in [1.165, 1.54) is 6.20 Å². The molecule has 1 unspecified atom stereocenters. The van der Waals surface area contributed by atoms with E-state index in [-0.39, 0.29) is 23.2 Å². The summed E-state index contributed by atoms with van der Waals surface area (Å²) in [5, 5.41) is 0. The second kappa shape index (κ2) is 3.20. The van der Waals surface area contributed by atoms with Crippen molar-refractivity contribution in [3.05, 3.63) is 17.8 Å². The molecule has 0 saturated carbocycles. The van der Waals surface area contributed by atoms with Crippen LogP contribution in [0.3, 0.4) is 0 Å². The minimum Gasteiger partial charge on any atom is -0.438 e. The van der Waals surface area contributed by atoms with E-state index < -0.39 is 9.84 Å². The minimum atomic E-state index is -2.93. The van der Waals surface area contributed by atoms with E-state index in [0.717, 1.165) is 0 Å². The van der Waals surface area contributed by atoms with Gasteiger partial charge in [0.25, 0.3) is 0 Å². The number of hydrogen-bond acceptors (Lipinski definition) is 5. The van der Waals surface area contributed by atoms with Gasteiger partial charge in [-0.05, 0) is 6.42 Å². The first kappa shape index (κ1) is 9.39. The summed E-state index contributed by atoms with van der Waals surface area (Å²) < 4.78 is 27.4. The molecule has 0 bridgehead atoms. The summed E-state index contributed by atoms with van der Waals surface area (Å²) in [5.74, 6) is 0.564. The molecule has 1 fully saturated rings. The zero-order chi connectivity index (χ0) is 10.2. The fraction of sp³-hybridized carbons (Fsp3) is 0.500. The van der Waals surface area contributed by atoms with Gasteiger partial charge in [0.2, 0.25) is 0 Å². The second-order valence-corrected chi connectivity index (χ2v) is 5.55. The Kier molecular flexibility index (Phi) is 2.14. The third kappa shape index (κ3) is 1.70. The van der Waals surface area contributed by atoms with Crippen molar-refractivity contribution in [2.24, 2.45) is 0 Å².